The Labute approximate surface area is 130 Å². The molecule has 2 aliphatic heterocycles. The lowest BCUT2D eigenvalue weighted by atomic mass is 10.2. The van der Waals surface area contributed by atoms with Gasteiger partial charge in [-0.05, 0) is 19.1 Å². The third kappa shape index (κ3) is 3.05. The van der Waals surface area contributed by atoms with Crippen LogP contribution in [-0.4, -0.2) is 38.7 Å². The SMILES string of the molecule is CCN1CCOc2cc(NC3=NCCN3)ccc21.I. The first-order valence-corrected chi connectivity index (χ1v) is 6.44. The van der Waals surface area contributed by atoms with Gasteiger partial charge in [-0.3, -0.25) is 4.99 Å². The van der Waals surface area contributed by atoms with E-state index in [1.165, 1.54) is 5.69 Å². The van der Waals surface area contributed by atoms with Crippen LogP contribution in [0.3, 0.4) is 0 Å². The van der Waals surface area contributed by atoms with E-state index in [1.54, 1.807) is 0 Å². The highest BCUT2D eigenvalue weighted by molar-refractivity contribution is 14.0. The molecular weight excluding hydrogens is 355 g/mol. The maximum atomic E-state index is 5.72. The molecule has 0 saturated carbocycles. The van der Waals surface area contributed by atoms with Crippen LogP contribution < -0.4 is 20.3 Å². The number of hydrogen-bond donors (Lipinski definition) is 2. The minimum atomic E-state index is 0. The normalized spacial score (nSPS) is 16.7. The first-order chi connectivity index (χ1) is 8.86. The fraction of sp³-hybridized carbons (Fsp3) is 0.462. The number of hydrogen-bond acceptors (Lipinski definition) is 5. The summed E-state index contributed by atoms with van der Waals surface area (Å²) in [5, 5.41) is 6.46. The van der Waals surface area contributed by atoms with E-state index in [0.29, 0.717) is 0 Å². The van der Waals surface area contributed by atoms with Crippen LogP contribution in [0.5, 0.6) is 5.75 Å². The number of anilines is 2. The predicted octanol–water partition coefficient (Wildman–Crippen LogP) is 1.89. The molecule has 1 aromatic carbocycles. The quantitative estimate of drug-likeness (QED) is 0.777. The first kappa shape index (κ1) is 14.2. The molecule has 0 spiro atoms. The maximum Gasteiger partial charge on any atom is 0.195 e. The van der Waals surface area contributed by atoms with Gasteiger partial charge in [-0.25, -0.2) is 0 Å². The summed E-state index contributed by atoms with van der Waals surface area (Å²) in [6.45, 7) is 6.64. The standard InChI is InChI=1S/C13H18N4O.HI/c1-2-17-7-8-18-12-9-10(3-4-11(12)17)16-13-14-5-6-15-13;/h3-4,9H,2,5-8H2,1H3,(H2,14,15,16);1H. The Bertz CT molecular complexity index is 478. The Balaban J connectivity index is 0.00000133. The second-order valence-electron chi connectivity index (χ2n) is 4.39. The van der Waals surface area contributed by atoms with Crippen LogP contribution in [0.4, 0.5) is 11.4 Å². The van der Waals surface area contributed by atoms with Crippen molar-refractivity contribution in [1.82, 2.24) is 5.32 Å². The zero-order valence-corrected chi connectivity index (χ0v) is 13.3. The van der Waals surface area contributed by atoms with Crippen molar-refractivity contribution in [1.29, 1.82) is 0 Å². The van der Waals surface area contributed by atoms with Gasteiger partial charge in [0.25, 0.3) is 0 Å². The molecule has 0 amide bonds. The molecule has 6 heteroatoms. The lowest BCUT2D eigenvalue weighted by molar-refractivity contribution is 0.308. The van der Waals surface area contributed by atoms with Crippen LogP contribution in [0.15, 0.2) is 23.2 Å². The van der Waals surface area contributed by atoms with E-state index in [0.717, 1.165) is 50.2 Å². The molecule has 0 radical (unpaired) electrons. The Morgan fingerprint density at radius 1 is 1.47 bits per heavy atom. The predicted molar refractivity (Wildman–Crippen MR) is 89.2 cm³/mol. The summed E-state index contributed by atoms with van der Waals surface area (Å²) in [4.78, 5) is 6.64. The molecule has 104 valence electrons. The summed E-state index contributed by atoms with van der Waals surface area (Å²) in [7, 11) is 0. The Kier molecular flexibility index (Phi) is 4.73. The van der Waals surface area contributed by atoms with Crippen LogP contribution in [0.25, 0.3) is 0 Å². The fourth-order valence-electron chi connectivity index (χ4n) is 2.30. The molecule has 0 atom stereocenters. The largest absolute Gasteiger partial charge is 0.489 e. The number of ether oxygens (including phenoxy) is 1. The van der Waals surface area contributed by atoms with Crippen molar-refractivity contribution in [2.45, 2.75) is 6.92 Å². The minimum Gasteiger partial charge on any atom is -0.489 e. The van der Waals surface area contributed by atoms with Crippen LogP contribution in [0, 0.1) is 0 Å². The minimum absolute atomic E-state index is 0. The first-order valence-electron chi connectivity index (χ1n) is 6.44. The van der Waals surface area contributed by atoms with Crippen LogP contribution in [0.1, 0.15) is 6.92 Å². The van der Waals surface area contributed by atoms with Gasteiger partial charge in [0.15, 0.2) is 5.96 Å². The molecule has 0 unspecified atom stereocenters. The number of likely N-dealkylation sites (N-methyl/N-ethyl adjacent to an activating group) is 1. The van der Waals surface area contributed by atoms with E-state index in [1.807, 2.05) is 6.07 Å². The van der Waals surface area contributed by atoms with Crippen LogP contribution >= 0.6 is 24.0 Å². The van der Waals surface area contributed by atoms with Crippen molar-refractivity contribution in [3.05, 3.63) is 18.2 Å². The molecule has 3 rings (SSSR count). The molecule has 0 aliphatic carbocycles. The number of halogens is 1. The number of guanidine groups is 1. The Morgan fingerprint density at radius 2 is 2.37 bits per heavy atom. The number of nitrogens with one attached hydrogen (secondary N) is 2. The summed E-state index contributed by atoms with van der Waals surface area (Å²) < 4.78 is 5.72. The topological polar surface area (TPSA) is 48.9 Å². The summed E-state index contributed by atoms with van der Waals surface area (Å²) in [5.74, 6) is 1.80. The fourth-order valence-corrected chi connectivity index (χ4v) is 2.30. The van der Waals surface area contributed by atoms with E-state index < -0.39 is 0 Å². The van der Waals surface area contributed by atoms with Gasteiger partial charge < -0.3 is 20.3 Å². The smallest absolute Gasteiger partial charge is 0.195 e. The summed E-state index contributed by atoms with van der Waals surface area (Å²) in [6.07, 6.45) is 0. The average molecular weight is 374 g/mol. The van der Waals surface area contributed by atoms with Crippen molar-refractivity contribution in [2.75, 3.05) is 43.0 Å². The van der Waals surface area contributed by atoms with E-state index in [9.17, 15) is 0 Å². The molecule has 19 heavy (non-hydrogen) atoms. The van der Waals surface area contributed by atoms with Crippen molar-refractivity contribution in [3.63, 3.8) is 0 Å². The highest BCUT2D eigenvalue weighted by atomic mass is 127. The highest BCUT2D eigenvalue weighted by Gasteiger charge is 2.17. The zero-order valence-electron chi connectivity index (χ0n) is 11.0. The van der Waals surface area contributed by atoms with Crippen LogP contribution in [0.2, 0.25) is 0 Å². The zero-order chi connectivity index (χ0) is 12.4. The Hall–Kier alpha value is -1.18. The maximum absolute atomic E-state index is 5.72. The molecule has 0 aromatic heterocycles. The van der Waals surface area contributed by atoms with Crippen LogP contribution in [-0.2, 0) is 0 Å². The summed E-state index contributed by atoms with van der Waals surface area (Å²) in [5.41, 5.74) is 2.19. The molecule has 0 bridgehead atoms. The number of fused-ring (bicyclic) bond motifs is 1. The summed E-state index contributed by atoms with van der Waals surface area (Å²) >= 11 is 0. The molecule has 2 aliphatic rings. The molecule has 0 fully saturated rings. The summed E-state index contributed by atoms with van der Waals surface area (Å²) in [6, 6.07) is 6.22. The van der Waals surface area contributed by atoms with E-state index in [4.69, 9.17) is 4.74 Å². The second-order valence-corrected chi connectivity index (χ2v) is 4.39. The average Bonchev–Trinajstić information content (AvgIpc) is 2.90. The van der Waals surface area contributed by atoms with Gasteiger partial charge in [0.1, 0.15) is 12.4 Å². The number of rotatable bonds is 2. The number of nitrogens with zero attached hydrogens (tertiary/aromatic N) is 2. The highest BCUT2D eigenvalue weighted by Crippen LogP contribution is 2.33. The number of aliphatic imine (C=N–C) groups is 1. The Morgan fingerprint density at radius 3 is 3.11 bits per heavy atom. The van der Waals surface area contributed by atoms with Gasteiger partial charge in [-0.1, -0.05) is 0 Å². The van der Waals surface area contributed by atoms with Crippen molar-refractivity contribution in [3.8, 4) is 5.75 Å². The number of benzene rings is 1. The molecule has 1 aromatic rings. The molecule has 0 saturated heterocycles. The van der Waals surface area contributed by atoms with Gasteiger partial charge in [-0.15, -0.1) is 24.0 Å². The molecule has 2 N–H and O–H groups in total. The van der Waals surface area contributed by atoms with E-state index >= 15 is 0 Å². The van der Waals surface area contributed by atoms with Gasteiger partial charge in [0, 0.05) is 24.8 Å². The van der Waals surface area contributed by atoms with Gasteiger partial charge in [0.2, 0.25) is 0 Å². The second kappa shape index (κ2) is 6.31. The third-order valence-electron chi connectivity index (χ3n) is 3.24. The van der Waals surface area contributed by atoms with Crippen molar-refractivity contribution >= 4 is 41.3 Å². The third-order valence-corrected chi connectivity index (χ3v) is 3.24. The van der Waals surface area contributed by atoms with E-state index in [-0.39, 0.29) is 24.0 Å². The van der Waals surface area contributed by atoms with Gasteiger partial charge in [-0.2, -0.15) is 0 Å². The van der Waals surface area contributed by atoms with Gasteiger partial charge in [0.05, 0.1) is 18.8 Å². The van der Waals surface area contributed by atoms with Crippen molar-refractivity contribution in [2.24, 2.45) is 4.99 Å². The molecule has 2 heterocycles. The van der Waals surface area contributed by atoms with E-state index in [2.05, 4.69) is 39.6 Å². The van der Waals surface area contributed by atoms with Gasteiger partial charge >= 0.3 is 0 Å². The molecule has 5 nitrogen and oxygen atoms in total. The lowest BCUT2D eigenvalue weighted by Gasteiger charge is -2.30. The monoisotopic (exact) mass is 374 g/mol. The van der Waals surface area contributed by atoms with Crippen molar-refractivity contribution < 1.29 is 4.74 Å². The molecular formula is C13H19IN4O. The lowest BCUT2D eigenvalue weighted by Crippen LogP contribution is -2.32.